The van der Waals surface area contributed by atoms with Gasteiger partial charge in [0.1, 0.15) is 6.04 Å². The van der Waals surface area contributed by atoms with Crippen molar-refractivity contribution in [3.05, 3.63) is 0 Å². The molecule has 0 aromatic carbocycles. The molecular weight excluding hydrogens is 280 g/mol. The van der Waals surface area contributed by atoms with Crippen molar-refractivity contribution in [3.8, 4) is 0 Å². The van der Waals surface area contributed by atoms with E-state index in [9.17, 15) is 14.7 Å². The third kappa shape index (κ3) is 3.38. The van der Waals surface area contributed by atoms with Crippen LogP contribution in [0.4, 0.5) is 4.79 Å². The second-order valence-electron chi connectivity index (χ2n) is 5.38. The zero-order valence-electron chi connectivity index (χ0n) is 11.6. The van der Waals surface area contributed by atoms with Crippen LogP contribution in [-0.2, 0) is 4.79 Å². The highest BCUT2D eigenvalue weighted by Gasteiger charge is 2.40. The van der Waals surface area contributed by atoms with Crippen molar-refractivity contribution in [1.82, 2.24) is 10.2 Å². The Balaban J connectivity index is 1.95. The van der Waals surface area contributed by atoms with E-state index >= 15 is 0 Å². The number of aliphatic hydroxyl groups excluding tert-OH is 1. The normalized spacial score (nSPS) is 33.4. The maximum atomic E-state index is 12.2. The minimum absolute atomic E-state index is 0.0983. The van der Waals surface area contributed by atoms with Gasteiger partial charge in [0.2, 0.25) is 0 Å². The van der Waals surface area contributed by atoms with Crippen LogP contribution in [-0.4, -0.2) is 62.8 Å². The minimum Gasteiger partial charge on any atom is -0.480 e. The zero-order chi connectivity index (χ0) is 14.7. The molecule has 1 heterocycles. The van der Waals surface area contributed by atoms with Gasteiger partial charge in [-0.3, -0.25) is 0 Å². The van der Waals surface area contributed by atoms with E-state index in [1.54, 1.807) is 0 Å². The Hall–Kier alpha value is -0.950. The highest BCUT2D eigenvalue weighted by molar-refractivity contribution is 7.99. The van der Waals surface area contributed by atoms with E-state index in [2.05, 4.69) is 12.2 Å². The Labute approximate surface area is 122 Å². The maximum absolute atomic E-state index is 12.2. The van der Waals surface area contributed by atoms with E-state index in [-0.39, 0.29) is 25.0 Å². The second-order valence-corrected chi connectivity index (χ2v) is 6.89. The van der Waals surface area contributed by atoms with Crippen molar-refractivity contribution in [3.63, 3.8) is 0 Å². The largest absolute Gasteiger partial charge is 0.480 e. The van der Waals surface area contributed by atoms with E-state index in [0.717, 1.165) is 25.0 Å². The Morgan fingerprint density at radius 3 is 2.80 bits per heavy atom. The number of β-amino-alcohol motifs (C(OH)–C–C–N with tert-alkyl or cyclic N) is 1. The van der Waals surface area contributed by atoms with Crippen LogP contribution in [0.5, 0.6) is 0 Å². The molecule has 4 unspecified atom stereocenters. The van der Waals surface area contributed by atoms with Gasteiger partial charge in [0.05, 0.1) is 6.10 Å². The predicted molar refractivity (Wildman–Crippen MR) is 76.8 cm³/mol. The lowest BCUT2D eigenvalue weighted by Gasteiger charge is -2.26. The number of urea groups is 1. The summed E-state index contributed by atoms with van der Waals surface area (Å²) in [6, 6.07) is -1.16. The summed E-state index contributed by atoms with van der Waals surface area (Å²) in [5.41, 5.74) is 0. The van der Waals surface area contributed by atoms with Crippen molar-refractivity contribution in [2.24, 2.45) is 0 Å². The third-order valence-corrected chi connectivity index (χ3v) is 5.29. The summed E-state index contributed by atoms with van der Waals surface area (Å²) in [7, 11) is 0. The summed E-state index contributed by atoms with van der Waals surface area (Å²) < 4.78 is 0. The summed E-state index contributed by atoms with van der Waals surface area (Å²) in [5.74, 6) is -0.0420. The molecule has 2 rings (SSSR count). The predicted octanol–water partition coefficient (Wildman–Crippen LogP) is 0.890. The van der Waals surface area contributed by atoms with Crippen LogP contribution in [0.3, 0.4) is 0 Å². The molecule has 0 aromatic rings. The first kappa shape index (κ1) is 15.4. The molecule has 2 fully saturated rings. The van der Waals surface area contributed by atoms with Gasteiger partial charge in [0, 0.05) is 24.3 Å². The van der Waals surface area contributed by atoms with Crippen LogP contribution < -0.4 is 5.32 Å². The molecule has 4 atom stereocenters. The number of hydrogen-bond donors (Lipinski definition) is 3. The molecule has 6 nitrogen and oxygen atoms in total. The number of carbonyl (C=O) groups excluding carboxylic acids is 1. The molecule has 2 amide bonds. The van der Waals surface area contributed by atoms with E-state index in [4.69, 9.17) is 5.11 Å². The molecule has 20 heavy (non-hydrogen) atoms. The molecule has 1 saturated carbocycles. The van der Waals surface area contributed by atoms with E-state index in [0.29, 0.717) is 5.25 Å². The molecule has 0 radical (unpaired) electrons. The number of carboxylic acids is 1. The number of aliphatic carboxylic acids is 1. The van der Waals surface area contributed by atoms with Gasteiger partial charge in [-0.25, -0.2) is 9.59 Å². The molecular formula is C13H22N2O4S. The second kappa shape index (κ2) is 6.67. The van der Waals surface area contributed by atoms with Crippen LogP contribution >= 0.6 is 11.8 Å². The standard InChI is InChI=1S/C13H22N2O4S/c1-2-20-11-5-3-4-9(11)14-13(19)15-7-8(16)6-10(15)12(17)18/h8-11,16H,2-7H2,1H3,(H,14,19)(H,17,18). The monoisotopic (exact) mass is 302 g/mol. The summed E-state index contributed by atoms with van der Waals surface area (Å²) in [6.07, 6.45) is 2.49. The molecule has 114 valence electrons. The fourth-order valence-corrected chi connectivity index (χ4v) is 4.22. The number of hydrogen-bond acceptors (Lipinski definition) is 4. The van der Waals surface area contributed by atoms with Crippen molar-refractivity contribution >= 4 is 23.8 Å². The molecule has 2 aliphatic rings. The maximum Gasteiger partial charge on any atom is 0.326 e. The summed E-state index contributed by atoms with van der Waals surface area (Å²) >= 11 is 1.84. The van der Waals surface area contributed by atoms with Gasteiger partial charge in [-0.1, -0.05) is 13.3 Å². The number of thioether (sulfide) groups is 1. The van der Waals surface area contributed by atoms with Gasteiger partial charge in [0.15, 0.2) is 0 Å². The fourth-order valence-electron chi connectivity index (χ4n) is 3.02. The molecule has 1 aliphatic heterocycles. The topological polar surface area (TPSA) is 89.9 Å². The van der Waals surface area contributed by atoms with E-state index < -0.39 is 18.1 Å². The van der Waals surface area contributed by atoms with Crippen molar-refractivity contribution in [2.75, 3.05) is 12.3 Å². The molecule has 1 saturated heterocycles. The smallest absolute Gasteiger partial charge is 0.326 e. The Kier molecular flexibility index (Phi) is 5.15. The Bertz CT molecular complexity index is 379. The lowest BCUT2D eigenvalue weighted by molar-refractivity contribution is -0.141. The molecule has 7 heteroatoms. The summed E-state index contributed by atoms with van der Waals surface area (Å²) in [6.45, 7) is 2.19. The number of aliphatic hydroxyl groups is 1. The Morgan fingerprint density at radius 1 is 1.40 bits per heavy atom. The lowest BCUT2D eigenvalue weighted by atomic mass is 10.2. The van der Waals surface area contributed by atoms with Crippen molar-refractivity contribution in [2.45, 2.75) is 56.0 Å². The number of nitrogens with one attached hydrogen (secondary N) is 1. The third-order valence-electron chi connectivity index (χ3n) is 3.97. The first-order chi connectivity index (χ1) is 9.52. The van der Waals surface area contributed by atoms with Gasteiger partial charge in [-0.05, 0) is 18.6 Å². The summed E-state index contributed by atoms with van der Waals surface area (Å²) in [4.78, 5) is 24.6. The number of carboxylic acid groups (broad SMARTS) is 1. The van der Waals surface area contributed by atoms with Crippen LogP contribution in [0, 0.1) is 0 Å². The number of nitrogens with zero attached hydrogens (tertiary/aromatic N) is 1. The lowest BCUT2D eigenvalue weighted by Crippen LogP contribution is -2.50. The Morgan fingerprint density at radius 2 is 2.15 bits per heavy atom. The average Bonchev–Trinajstić information content (AvgIpc) is 2.97. The number of rotatable bonds is 4. The van der Waals surface area contributed by atoms with Gasteiger partial charge >= 0.3 is 12.0 Å². The fraction of sp³-hybridized carbons (Fsp3) is 0.846. The van der Waals surface area contributed by atoms with Crippen LogP contribution in [0.25, 0.3) is 0 Å². The van der Waals surface area contributed by atoms with Crippen molar-refractivity contribution in [1.29, 1.82) is 0 Å². The highest BCUT2D eigenvalue weighted by Crippen LogP contribution is 2.30. The molecule has 0 bridgehead atoms. The first-order valence-electron chi connectivity index (χ1n) is 7.12. The van der Waals surface area contributed by atoms with Crippen molar-refractivity contribution < 1.29 is 19.8 Å². The van der Waals surface area contributed by atoms with E-state index in [1.165, 1.54) is 4.90 Å². The molecule has 0 spiro atoms. The molecule has 1 aliphatic carbocycles. The zero-order valence-corrected chi connectivity index (χ0v) is 12.4. The van der Waals surface area contributed by atoms with Gasteiger partial charge in [-0.15, -0.1) is 0 Å². The number of carbonyl (C=O) groups is 2. The van der Waals surface area contributed by atoms with Gasteiger partial charge in [-0.2, -0.15) is 11.8 Å². The highest BCUT2D eigenvalue weighted by atomic mass is 32.2. The van der Waals surface area contributed by atoms with Gasteiger partial charge in [0.25, 0.3) is 0 Å². The number of likely N-dealkylation sites (tertiary alicyclic amines) is 1. The minimum atomic E-state index is -1.05. The van der Waals surface area contributed by atoms with Crippen LogP contribution in [0.15, 0.2) is 0 Å². The number of amides is 2. The van der Waals surface area contributed by atoms with E-state index in [1.807, 2.05) is 11.8 Å². The molecule has 3 N–H and O–H groups in total. The SMILES string of the molecule is CCSC1CCCC1NC(=O)N1CC(O)CC1C(=O)O. The first-order valence-corrected chi connectivity index (χ1v) is 8.17. The summed E-state index contributed by atoms with van der Waals surface area (Å²) in [5, 5.41) is 22.1. The quantitative estimate of drug-likeness (QED) is 0.717. The van der Waals surface area contributed by atoms with Gasteiger partial charge < -0.3 is 20.4 Å². The molecule has 0 aromatic heterocycles. The van der Waals surface area contributed by atoms with Crippen LogP contribution in [0.1, 0.15) is 32.6 Å². The van der Waals surface area contributed by atoms with Crippen LogP contribution in [0.2, 0.25) is 0 Å². The average molecular weight is 302 g/mol.